The Morgan fingerprint density at radius 1 is 1.29 bits per heavy atom. The van der Waals surface area contributed by atoms with Crippen LogP contribution in [-0.2, 0) is 9.59 Å². The van der Waals surface area contributed by atoms with Crippen molar-refractivity contribution in [3.8, 4) is 12.3 Å². The normalized spacial score (nSPS) is 25.2. The molecule has 1 atom stereocenters. The Morgan fingerprint density at radius 2 is 2.12 bits per heavy atom. The van der Waals surface area contributed by atoms with Crippen molar-refractivity contribution in [3.63, 3.8) is 0 Å². The first-order chi connectivity index (χ1) is 8.24. The maximum Gasteiger partial charge on any atom is 0.245 e. The molecule has 0 bridgehead atoms. The Labute approximate surface area is 102 Å². The molecule has 0 aliphatic carbocycles. The van der Waals surface area contributed by atoms with Gasteiger partial charge in [-0.3, -0.25) is 9.59 Å². The first kappa shape index (κ1) is 12.0. The standard InChI is InChI=1S/C13H18N2O2/c1-2-3-8-14-10-7-12(16)15-9-5-4-6-11(15)13(14)17/h1,11H,3-10H2. The molecule has 1 unspecified atom stereocenters. The van der Waals surface area contributed by atoms with Gasteiger partial charge in [0.15, 0.2) is 0 Å². The number of piperidine rings is 1. The van der Waals surface area contributed by atoms with Crippen molar-refractivity contribution in [2.45, 2.75) is 38.1 Å². The van der Waals surface area contributed by atoms with Gasteiger partial charge >= 0.3 is 0 Å². The highest BCUT2D eigenvalue weighted by Crippen LogP contribution is 2.22. The summed E-state index contributed by atoms with van der Waals surface area (Å²) in [4.78, 5) is 27.7. The number of hydrogen-bond acceptors (Lipinski definition) is 2. The monoisotopic (exact) mass is 234 g/mol. The second kappa shape index (κ2) is 5.22. The third kappa shape index (κ3) is 2.44. The molecule has 2 amide bonds. The third-order valence-corrected chi connectivity index (χ3v) is 3.54. The molecule has 17 heavy (non-hydrogen) atoms. The molecular weight excluding hydrogens is 216 g/mol. The fraction of sp³-hybridized carbons (Fsp3) is 0.692. The van der Waals surface area contributed by atoms with Gasteiger partial charge in [0.1, 0.15) is 6.04 Å². The van der Waals surface area contributed by atoms with Gasteiger partial charge in [-0.25, -0.2) is 0 Å². The third-order valence-electron chi connectivity index (χ3n) is 3.54. The van der Waals surface area contributed by atoms with Gasteiger partial charge in [-0.15, -0.1) is 12.3 Å². The highest BCUT2D eigenvalue weighted by atomic mass is 16.2. The zero-order valence-electron chi connectivity index (χ0n) is 10.0. The SMILES string of the molecule is C#CCCN1CCC(=O)N2CCCCC2C1=O. The molecule has 4 nitrogen and oxygen atoms in total. The van der Waals surface area contributed by atoms with E-state index in [9.17, 15) is 9.59 Å². The predicted molar refractivity (Wildman–Crippen MR) is 64.0 cm³/mol. The average Bonchev–Trinajstić information content (AvgIpc) is 2.48. The molecular formula is C13H18N2O2. The van der Waals surface area contributed by atoms with E-state index in [1.165, 1.54) is 0 Å². The molecule has 0 radical (unpaired) electrons. The predicted octanol–water partition coefficient (Wildman–Crippen LogP) is 0.623. The van der Waals surface area contributed by atoms with E-state index in [0.717, 1.165) is 25.8 Å². The number of terminal acetylenes is 1. The van der Waals surface area contributed by atoms with Crippen LogP contribution in [0.15, 0.2) is 0 Å². The first-order valence-corrected chi connectivity index (χ1v) is 6.26. The largest absolute Gasteiger partial charge is 0.339 e. The lowest BCUT2D eigenvalue weighted by Crippen LogP contribution is -2.49. The van der Waals surface area contributed by atoms with Crippen LogP contribution in [0.2, 0.25) is 0 Å². The summed E-state index contributed by atoms with van der Waals surface area (Å²) in [5, 5.41) is 0. The molecule has 2 heterocycles. The Bertz CT molecular complexity index is 359. The van der Waals surface area contributed by atoms with Gasteiger partial charge in [0.05, 0.1) is 0 Å². The van der Waals surface area contributed by atoms with Crippen LogP contribution in [0.1, 0.15) is 32.1 Å². The lowest BCUT2D eigenvalue weighted by atomic mass is 10.0. The minimum Gasteiger partial charge on any atom is -0.339 e. The summed E-state index contributed by atoms with van der Waals surface area (Å²) in [6, 6.07) is -0.225. The number of carbonyl (C=O) groups excluding carboxylic acids is 2. The van der Waals surface area contributed by atoms with Crippen LogP contribution < -0.4 is 0 Å². The fourth-order valence-electron chi connectivity index (χ4n) is 2.60. The second-order valence-corrected chi connectivity index (χ2v) is 4.63. The van der Waals surface area contributed by atoms with Gasteiger partial charge in [0.2, 0.25) is 11.8 Å². The van der Waals surface area contributed by atoms with Gasteiger partial charge in [0, 0.05) is 32.5 Å². The zero-order chi connectivity index (χ0) is 12.3. The molecule has 0 N–H and O–H groups in total. The van der Waals surface area contributed by atoms with Crippen molar-refractivity contribution >= 4 is 11.8 Å². The molecule has 0 aromatic rings. The number of amides is 2. The molecule has 2 aliphatic heterocycles. The fourth-order valence-corrected chi connectivity index (χ4v) is 2.60. The first-order valence-electron chi connectivity index (χ1n) is 6.26. The molecule has 2 saturated heterocycles. The lowest BCUT2D eigenvalue weighted by Gasteiger charge is -2.34. The van der Waals surface area contributed by atoms with Gasteiger partial charge < -0.3 is 9.80 Å². The number of rotatable bonds is 2. The lowest BCUT2D eigenvalue weighted by molar-refractivity contribution is -0.143. The number of hydrogen-bond donors (Lipinski definition) is 0. The Kier molecular flexibility index (Phi) is 3.68. The van der Waals surface area contributed by atoms with Crippen molar-refractivity contribution in [1.29, 1.82) is 0 Å². The van der Waals surface area contributed by atoms with Crippen LogP contribution in [0.3, 0.4) is 0 Å². The second-order valence-electron chi connectivity index (χ2n) is 4.63. The van der Waals surface area contributed by atoms with Crippen LogP contribution in [0.5, 0.6) is 0 Å². The summed E-state index contributed by atoms with van der Waals surface area (Å²) in [7, 11) is 0. The molecule has 0 aromatic carbocycles. The summed E-state index contributed by atoms with van der Waals surface area (Å²) in [5.41, 5.74) is 0. The van der Waals surface area contributed by atoms with Crippen molar-refractivity contribution in [2.24, 2.45) is 0 Å². The minimum absolute atomic E-state index is 0.0887. The van der Waals surface area contributed by atoms with Crippen LogP contribution in [0, 0.1) is 12.3 Å². The Morgan fingerprint density at radius 3 is 2.88 bits per heavy atom. The molecule has 2 aliphatic rings. The van der Waals surface area contributed by atoms with Crippen LogP contribution >= 0.6 is 0 Å². The highest BCUT2D eigenvalue weighted by molar-refractivity contribution is 5.90. The number of carbonyl (C=O) groups is 2. The summed E-state index contributed by atoms with van der Waals surface area (Å²) in [6.45, 7) is 1.83. The molecule has 2 fully saturated rings. The van der Waals surface area contributed by atoms with Crippen molar-refractivity contribution in [2.75, 3.05) is 19.6 Å². The van der Waals surface area contributed by atoms with Crippen molar-refractivity contribution < 1.29 is 9.59 Å². The number of nitrogens with zero attached hydrogens (tertiary/aromatic N) is 2. The van der Waals surface area contributed by atoms with Crippen molar-refractivity contribution in [1.82, 2.24) is 9.80 Å². The minimum atomic E-state index is -0.225. The zero-order valence-corrected chi connectivity index (χ0v) is 10.0. The maximum atomic E-state index is 12.3. The molecule has 0 saturated carbocycles. The molecule has 0 spiro atoms. The van der Waals surface area contributed by atoms with Gasteiger partial charge in [-0.2, -0.15) is 0 Å². The Hall–Kier alpha value is -1.50. The van der Waals surface area contributed by atoms with E-state index in [1.54, 1.807) is 9.80 Å². The molecule has 0 aromatic heterocycles. The van der Waals surface area contributed by atoms with E-state index in [4.69, 9.17) is 6.42 Å². The van der Waals surface area contributed by atoms with Crippen LogP contribution in [-0.4, -0.2) is 47.3 Å². The Balaban J connectivity index is 2.12. The molecule has 92 valence electrons. The average molecular weight is 234 g/mol. The molecule has 2 rings (SSSR count). The number of fused-ring (bicyclic) bond motifs is 1. The van der Waals surface area contributed by atoms with E-state index in [-0.39, 0.29) is 17.9 Å². The maximum absolute atomic E-state index is 12.3. The van der Waals surface area contributed by atoms with E-state index in [1.807, 2.05) is 0 Å². The highest BCUT2D eigenvalue weighted by Gasteiger charge is 2.37. The van der Waals surface area contributed by atoms with E-state index >= 15 is 0 Å². The van der Waals surface area contributed by atoms with E-state index in [2.05, 4.69) is 5.92 Å². The summed E-state index contributed by atoms with van der Waals surface area (Å²) >= 11 is 0. The van der Waals surface area contributed by atoms with Gasteiger partial charge in [0.25, 0.3) is 0 Å². The van der Waals surface area contributed by atoms with Gasteiger partial charge in [-0.1, -0.05) is 0 Å². The van der Waals surface area contributed by atoms with E-state index < -0.39 is 0 Å². The van der Waals surface area contributed by atoms with Crippen molar-refractivity contribution in [3.05, 3.63) is 0 Å². The smallest absolute Gasteiger partial charge is 0.245 e. The van der Waals surface area contributed by atoms with E-state index in [0.29, 0.717) is 25.9 Å². The summed E-state index contributed by atoms with van der Waals surface area (Å²) in [5.74, 6) is 2.75. The summed E-state index contributed by atoms with van der Waals surface area (Å²) in [6.07, 6.45) is 9.07. The van der Waals surface area contributed by atoms with Gasteiger partial charge in [-0.05, 0) is 19.3 Å². The quantitative estimate of drug-likeness (QED) is 0.657. The summed E-state index contributed by atoms with van der Waals surface area (Å²) < 4.78 is 0. The van der Waals surface area contributed by atoms with Crippen LogP contribution in [0.4, 0.5) is 0 Å². The molecule has 4 heteroatoms. The topological polar surface area (TPSA) is 40.6 Å². The van der Waals surface area contributed by atoms with Crippen LogP contribution in [0.25, 0.3) is 0 Å².